The van der Waals surface area contributed by atoms with Crippen molar-refractivity contribution in [2.75, 3.05) is 0 Å². The Balaban J connectivity index is 1.77. The van der Waals surface area contributed by atoms with Crippen LogP contribution in [-0.2, 0) is 11.3 Å². The van der Waals surface area contributed by atoms with Gasteiger partial charge in [-0.1, -0.05) is 0 Å². The number of fused-ring (bicyclic) bond motifs is 2. The van der Waals surface area contributed by atoms with Crippen molar-refractivity contribution in [3.05, 3.63) is 21.9 Å². The summed E-state index contributed by atoms with van der Waals surface area (Å²) in [7, 11) is 0. The highest BCUT2D eigenvalue weighted by molar-refractivity contribution is 7.10. The smallest absolute Gasteiger partial charge is 0.308 e. The lowest BCUT2D eigenvalue weighted by molar-refractivity contribution is -0.142. The molecule has 17 heavy (non-hydrogen) atoms. The molecule has 0 spiro atoms. The molecule has 2 saturated heterocycles. The summed E-state index contributed by atoms with van der Waals surface area (Å²) in [6.45, 7) is 3.08. The Kier molecular flexibility index (Phi) is 2.71. The van der Waals surface area contributed by atoms with Gasteiger partial charge >= 0.3 is 5.97 Å². The summed E-state index contributed by atoms with van der Waals surface area (Å²) in [5.74, 6) is -0.737. The van der Waals surface area contributed by atoms with Gasteiger partial charge in [-0.15, -0.1) is 11.3 Å². The van der Waals surface area contributed by atoms with Crippen LogP contribution < -0.4 is 0 Å². The van der Waals surface area contributed by atoms with E-state index in [1.54, 1.807) is 11.3 Å². The molecule has 1 aromatic heterocycles. The molecular weight excluding hydrogens is 234 g/mol. The van der Waals surface area contributed by atoms with Gasteiger partial charge < -0.3 is 5.11 Å². The lowest BCUT2D eigenvalue weighted by atomic mass is 9.89. The minimum absolute atomic E-state index is 0.131. The van der Waals surface area contributed by atoms with Gasteiger partial charge in [0.05, 0.1) is 5.92 Å². The van der Waals surface area contributed by atoms with Gasteiger partial charge in [0.25, 0.3) is 0 Å². The second-order valence-corrected chi connectivity index (χ2v) is 6.18. The first-order valence-electron chi connectivity index (χ1n) is 6.18. The lowest BCUT2D eigenvalue weighted by Crippen LogP contribution is -2.32. The van der Waals surface area contributed by atoms with Gasteiger partial charge in [0.1, 0.15) is 0 Å². The SMILES string of the molecule is Cc1ccsc1CN1C2CCC1C(C(=O)O)C2. The first-order chi connectivity index (χ1) is 8.16. The van der Waals surface area contributed by atoms with Crippen LogP contribution >= 0.6 is 11.3 Å². The fourth-order valence-electron chi connectivity index (χ4n) is 3.34. The number of hydrogen-bond acceptors (Lipinski definition) is 3. The molecule has 1 N–H and O–H groups in total. The van der Waals surface area contributed by atoms with Crippen LogP contribution in [0.4, 0.5) is 0 Å². The maximum absolute atomic E-state index is 11.2. The number of rotatable bonds is 3. The second-order valence-electron chi connectivity index (χ2n) is 5.18. The zero-order chi connectivity index (χ0) is 12.0. The Morgan fingerprint density at radius 3 is 3.00 bits per heavy atom. The molecule has 0 radical (unpaired) electrons. The predicted molar refractivity (Wildman–Crippen MR) is 67.2 cm³/mol. The molecule has 0 amide bonds. The minimum atomic E-state index is -0.606. The van der Waals surface area contributed by atoms with E-state index in [9.17, 15) is 9.90 Å². The molecule has 3 nitrogen and oxygen atoms in total. The topological polar surface area (TPSA) is 40.5 Å². The van der Waals surface area contributed by atoms with Gasteiger partial charge in [-0.2, -0.15) is 0 Å². The summed E-state index contributed by atoms with van der Waals surface area (Å²) >= 11 is 1.79. The first-order valence-corrected chi connectivity index (χ1v) is 7.06. The summed E-state index contributed by atoms with van der Waals surface area (Å²) in [4.78, 5) is 15.0. The Bertz CT molecular complexity index is 442. The average molecular weight is 251 g/mol. The Hall–Kier alpha value is -0.870. The van der Waals surface area contributed by atoms with Crippen molar-refractivity contribution in [3.63, 3.8) is 0 Å². The molecule has 2 bridgehead atoms. The van der Waals surface area contributed by atoms with E-state index >= 15 is 0 Å². The fourth-order valence-corrected chi connectivity index (χ4v) is 4.26. The van der Waals surface area contributed by atoms with Gasteiger partial charge in [-0.3, -0.25) is 9.69 Å². The molecule has 3 atom stereocenters. The van der Waals surface area contributed by atoms with E-state index in [4.69, 9.17) is 0 Å². The molecule has 0 aliphatic carbocycles. The quantitative estimate of drug-likeness (QED) is 0.897. The highest BCUT2D eigenvalue weighted by Crippen LogP contribution is 2.43. The summed E-state index contributed by atoms with van der Waals surface area (Å²) < 4.78 is 0. The monoisotopic (exact) mass is 251 g/mol. The van der Waals surface area contributed by atoms with Crippen LogP contribution in [0.25, 0.3) is 0 Å². The third-order valence-electron chi connectivity index (χ3n) is 4.29. The standard InChI is InChI=1S/C13H17NO2S/c1-8-4-5-17-12(8)7-14-9-2-3-11(14)10(6-9)13(15)16/h4-5,9-11H,2-3,6-7H2,1H3,(H,15,16). The molecule has 0 saturated carbocycles. The van der Waals surface area contributed by atoms with Gasteiger partial charge in [-0.05, 0) is 43.2 Å². The Morgan fingerprint density at radius 1 is 1.59 bits per heavy atom. The largest absolute Gasteiger partial charge is 0.481 e. The maximum atomic E-state index is 11.2. The first kappa shape index (κ1) is 11.2. The minimum Gasteiger partial charge on any atom is -0.481 e. The van der Waals surface area contributed by atoms with Crippen LogP contribution in [-0.4, -0.2) is 28.1 Å². The summed E-state index contributed by atoms with van der Waals surface area (Å²) in [5, 5.41) is 11.3. The van der Waals surface area contributed by atoms with Gasteiger partial charge in [-0.25, -0.2) is 0 Å². The van der Waals surface area contributed by atoms with Gasteiger partial charge in [0, 0.05) is 23.5 Å². The second kappa shape index (κ2) is 4.10. The van der Waals surface area contributed by atoms with Crippen molar-refractivity contribution in [1.29, 1.82) is 0 Å². The summed E-state index contributed by atoms with van der Waals surface area (Å²) in [6, 6.07) is 2.92. The molecule has 92 valence electrons. The van der Waals surface area contributed by atoms with Crippen LogP contribution in [0.5, 0.6) is 0 Å². The van der Waals surface area contributed by atoms with Crippen molar-refractivity contribution in [3.8, 4) is 0 Å². The number of hydrogen-bond donors (Lipinski definition) is 1. The van der Waals surface area contributed by atoms with E-state index in [0.29, 0.717) is 6.04 Å². The molecule has 2 aliphatic heterocycles. The molecule has 3 rings (SSSR count). The van der Waals surface area contributed by atoms with Gasteiger partial charge in [0.15, 0.2) is 0 Å². The highest BCUT2D eigenvalue weighted by Gasteiger charge is 2.49. The van der Waals surface area contributed by atoms with E-state index in [-0.39, 0.29) is 12.0 Å². The van der Waals surface area contributed by atoms with Crippen molar-refractivity contribution < 1.29 is 9.90 Å². The number of thiophene rings is 1. The van der Waals surface area contributed by atoms with E-state index in [1.807, 2.05) is 0 Å². The zero-order valence-corrected chi connectivity index (χ0v) is 10.7. The Labute approximate surface area is 105 Å². The average Bonchev–Trinajstić information content (AvgIpc) is 2.96. The van der Waals surface area contributed by atoms with Crippen LogP contribution in [0.15, 0.2) is 11.4 Å². The molecule has 4 heteroatoms. The Morgan fingerprint density at radius 2 is 2.41 bits per heavy atom. The van der Waals surface area contributed by atoms with E-state index in [0.717, 1.165) is 19.4 Å². The summed E-state index contributed by atoms with van der Waals surface area (Å²) in [6.07, 6.45) is 3.09. The van der Waals surface area contributed by atoms with E-state index < -0.39 is 5.97 Å². The molecule has 1 aromatic rings. The van der Waals surface area contributed by atoms with Crippen molar-refractivity contribution in [1.82, 2.24) is 4.90 Å². The normalized spacial score (nSPS) is 32.2. The number of aliphatic carboxylic acids is 1. The predicted octanol–water partition coefficient (Wildman–Crippen LogP) is 2.49. The van der Waals surface area contributed by atoms with Crippen LogP contribution in [0.1, 0.15) is 29.7 Å². The van der Waals surface area contributed by atoms with Gasteiger partial charge in [0.2, 0.25) is 0 Å². The molecule has 2 fully saturated rings. The number of carbonyl (C=O) groups is 1. The molecule has 0 aromatic carbocycles. The number of carboxylic acids is 1. The van der Waals surface area contributed by atoms with Crippen LogP contribution in [0.2, 0.25) is 0 Å². The lowest BCUT2D eigenvalue weighted by Gasteiger charge is -2.22. The third kappa shape index (κ3) is 1.79. The molecular formula is C13H17NO2S. The van der Waals surface area contributed by atoms with Crippen LogP contribution in [0.3, 0.4) is 0 Å². The highest BCUT2D eigenvalue weighted by atomic mass is 32.1. The van der Waals surface area contributed by atoms with E-state index in [2.05, 4.69) is 23.3 Å². The zero-order valence-electron chi connectivity index (χ0n) is 9.93. The number of aryl methyl sites for hydroxylation is 1. The van der Waals surface area contributed by atoms with Crippen LogP contribution in [0, 0.1) is 12.8 Å². The maximum Gasteiger partial charge on any atom is 0.308 e. The number of carboxylic acid groups (broad SMARTS) is 1. The molecule has 2 aliphatic rings. The number of nitrogens with zero attached hydrogens (tertiary/aromatic N) is 1. The fraction of sp³-hybridized carbons (Fsp3) is 0.615. The van der Waals surface area contributed by atoms with Crippen molar-refractivity contribution >= 4 is 17.3 Å². The molecule has 3 heterocycles. The third-order valence-corrected chi connectivity index (χ3v) is 5.30. The molecule has 3 unspecified atom stereocenters. The van der Waals surface area contributed by atoms with Crippen molar-refractivity contribution in [2.24, 2.45) is 5.92 Å². The van der Waals surface area contributed by atoms with E-state index in [1.165, 1.54) is 16.9 Å². The summed E-state index contributed by atoms with van der Waals surface area (Å²) in [5.41, 5.74) is 1.34. The van der Waals surface area contributed by atoms with Crippen molar-refractivity contribution in [2.45, 2.75) is 44.8 Å².